The first-order valence-electron chi connectivity index (χ1n) is 11.3. The predicted octanol–water partition coefficient (Wildman–Crippen LogP) is 5.29. The van der Waals surface area contributed by atoms with Gasteiger partial charge in [-0.15, -0.1) is 10.2 Å². The van der Waals surface area contributed by atoms with Gasteiger partial charge in [-0.1, -0.05) is 35.5 Å². The number of carbonyl (C=O) groups is 3. The van der Waals surface area contributed by atoms with Crippen molar-refractivity contribution in [1.29, 1.82) is 0 Å². The van der Waals surface area contributed by atoms with E-state index in [0.29, 0.717) is 40.0 Å². The molecule has 1 aliphatic rings. The lowest BCUT2D eigenvalue weighted by Gasteiger charge is -2.14. The molecule has 8 nitrogen and oxygen atoms in total. The highest BCUT2D eigenvalue weighted by Gasteiger charge is 2.36. The molecule has 1 aliphatic heterocycles. The van der Waals surface area contributed by atoms with Crippen LogP contribution in [0.3, 0.4) is 0 Å². The van der Waals surface area contributed by atoms with Gasteiger partial charge in [0.05, 0.1) is 27.6 Å². The average molecular weight is 536 g/mol. The number of thioether (sulfide) groups is 1. The summed E-state index contributed by atoms with van der Waals surface area (Å²) in [4.78, 5) is 39.1. The van der Waals surface area contributed by atoms with E-state index in [2.05, 4.69) is 15.5 Å². The molecular formula is C26H19ClFN5O3S. The standard InChI is InChI=1S/C26H19ClFN5O3S/c1-2-32-23(30-31-26(32)37-14-22(34)29-16-9-12-21(28)20(27)13-16)15-7-10-17(11-8-15)33-24(35)18-5-3-4-6-19(18)25(33)36/h3-13H,2,14H2,1H3,(H,29,34). The molecule has 0 atom stereocenters. The molecule has 0 fully saturated rings. The molecule has 0 saturated heterocycles. The van der Waals surface area contributed by atoms with Crippen LogP contribution in [0.1, 0.15) is 27.6 Å². The zero-order valence-corrected chi connectivity index (χ0v) is 21.0. The summed E-state index contributed by atoms with van der Waals surface area (Å²) in [7, 11) is 0. The number of rotatable bonds is 7. The molecule has 0 bridgehead atoms. The van der Waals surface area contributed by atoms with E-state index in [9.17, 15) is 18.8 Å². The van der Waals surface area contributed by atoms with Crippen LogP contribution in [0.2, 0.25) is 5.02 Å². The molecule has 0 spiro atoms. The minimum Gasteiger partial charge on any atom is -0.325 e. The number of nitrogens with zero attached hydrogens (tertiary/aromatic N) is 4. The van der Waals surface area contributed by atoms with Crippen LogP contribution in [0.4, 0.5) is 15.8 Å². The summed E-state index contributed by atoms with van der Waals surface area (Å²) in [6.07, 6.45) is 0. The minimum absolute atomic E-state index is 0.0613. The highest BCUT2D eigenvalue weighted by atomic mass is 35.5. The van der Waals surface area contributed by atoms with Crippen LogP contribution in [0.5, 0.6) is 0 Å². The van der Waals surface area contributed by atoms with E-state index in [1.807, 2.05) is 11.5 Å². The number of aromatic nitrogens is 3. The Morgan fingerprint density at radius 2 is 1.68 bits per heavy atom. The zero-order chi connectivity index (χ0) is 26.1. The van der Waals surface area contributed by atoms with Gasteiger partial charge in [-0.2, -0.15) is 0 Å². The summed E-state index contributed by atoms with van der Waals surface area (Å²) in [5, 5.41) is 11.7. The van der Waals surface area contributed by atoms with Gasteiger partial charge in [0.2, 0.25) is 5.91 Å². The number of nitrogens with one attached hydrogen (secondary N) is 1. The van der Waals surface area contributed by atoms with Gasteiger partial charge in [0.1, 0.15) is 5.82 Å². The molecule has 4 aromatic rings. The van der Waals surface area contributed by atoms with Crippen molar-refractivity contribution in [3.05, 3.63) is 88.7 Å². The topological polar surface area (TPSA) is 97.2 Å². The number of halogens is 2. The van der Waals surface area contributed by atoms with Gasteiger partial charge in [-0.25, -0.2) is 9.29 Å². The molecule has 1 aromatic heterocycles. The van der Waals surface area contributed by atoms with Gasteiger partial charge in [-0.05, 0) is 61.5 Å². The van der Waals surface area contributed by atoms with Gasteiger partial charge in [-0.3, -0.25) is 14.4 Å². The van der Waals surface area contributed by atoms with Crippen LogP contribution in [0.15, 0.2) is 71.9 Å². The van der Waals surface area contributed by atoms with Crippen molar-refractivity contribution in [3.63, 3.8) is 0 Å². The fourth-order valence-corrected chi connectivity index (χ4v) is 4.96. The summed E-state index contributed by atoms with van der Waals surface area (Å²) in [5.41, 5.74) is 2.37. The number of anilines is 2. The van der Waals surface area contributed by atoms with Crippen molar-refractivity contribution >= 4 is 52.5 Å². The van der Waals surface area contributed by atoms with Crippen molar-refractivity contribution in [2.45, 2.75) is 18.6 Å². The van der Waals surface area contributed by atoms with Gasteiger partial charge in [0.25, 0.3) is 11.8 Å². The van der Waals surface area contributed by atoms with Crippen molar-refractivity contribution in [2.24, 2.45) is 0 Å². The van der Waals surface area contributed by atoms with E-state index in [0.717, 1.165) is 10.5 Å². The van der Waals surface area contributed by atoms with E-state index in [4.69, 9.17) is 11.6 Å². The number of fused-ring (bicyclic) bond motifs is 1. The second-order valence-corrected chi connectivity index (χ2v) is 9.40. The van der Waals surface area contributed by atoms with E-state index in [1.165, 1.54) is 30.0 Å². The Hall–Kier alpha value is -4.02. The van der Waals surface area contributed by atoms with E-state index in [1.54, 1.807) is 48.5 Å². The molecule has 1 N–H and O–H groups in total. The van der Waals surface area contributed by atoms with Crippen molar-refractivity contribution in [2.75, 3.05) is 16.0 Å². The minimum atomic E-state index is -0.561. The molecule has 11 heteroatoms. The molecule has 0 saturated carbocycles. The summed E-state index contributed by atoms with van der Waals surface area (Å²) in [5.74, 6) is -0.926. The van der Waals surface area contributed by atoms with Crippen molar-refractivity contribution in [1.82, 2.24) is 14.8 Å². The highest BCUT2D eigenvalue weighted by molar-refractivity contribution is 7.99. The molecule has 3 aromatic carbocycles. The molecule has 37 heavy (non-hydrogen) atoms. The fourth-order valence-electron chi connectivity index (χ4n) is 3.98. The molecule has 2 heterocycles. The fraction of sp³-hybridized carbons (Fsp3) is 0.115. The third kappa shape index (κ3) is 4.73. The van der Waals surface area contributed by atoms with E-state index >= 15 is 0 Å². The Morgan fingerprint density at radius 1 is 1.00 bits per heavy atom. The number of amides is 3. The molecule has 5 rings (SSSR count). The smallest absolute Gasteiger partial charge is 0.266 e. The van der Waals surface area contributed by atoms with Gasteiger partial charge in [0.15, 0.2) is 11.0 Å². The number of carbonyl (C=O) groups excluding carboxylic acids is 3. The van der Waals surface area contributed by atoms with Gasteiger partial charge >= 0.3 is 0 Å². The Bertz CT molecular complexity index is 1500. The second kappa shape index (κ2) is 10.2. The number of benzene rings is 3. The average Bonchev–Trinajstić information content (AvgIpc) is 3.43. The Balaban J connectivity index is 1.29. The van der Waals surface area contributed by atoms with Crippen LogP contribution < -0.4 is 10.2 Å². The third-order valence-corrected chi connectivity index (χ3v) is 7.00. The second-order valence-electron chi connectivity index (χ2n) is 8.05. The van der Waals surface area contributed by atoms with Crippen LogP contribution in [-0.2, 0) is 11.3 Å². The van der Waals surface area contributed by atoms with Crippen LogP contribution in [0, 0.1) is 5.82 Å². The zero-order valence-electron chi connectivity index (χ0n) is 19.4. The molecule has 0 aliphatic carbocycles. The van der Waals surface area contributed by atoms with Gasteiger partial charge in [0, 0.05) is 17.8 Å². The van der Waals surface area contributed by atoms with Crippen LogP contribution in [-0.4, -0.2) is 38.2 Å². The SMILES string of the molecule is CCn1c(SCC(=O)Nc2ccc(F)c(Cl)c2)nnc1-c1ccc(N2C(=O)c3ccccc3C2=O)cc1. The number of hydrogen-bond acceptors (Lipinski definition) is 6. The maximum absolute atomic E-state index is 13.3. The summed E-state index contributed by atoms with van der Waals surface area (Å²) in [6, 6.07) is 17.6. The van der Waals surface area contributed by atoms with Gasteiger partial charge < -0.3 is 9.88 Å². The van der Waals surface area contributed by atoms with E-state index < -0.39 is 5.82 Å². The lowest BCUT2D eigenvalue weighted by atomic mass is 10.1. The lowest BCUT2D eigenvalue weighted by molar-refractivity contribution is -0.113. The summed E-state index contributed by atoms with van der Waals surface area (Å²) in [6.45, 7) is 2.49. The molecule has 0 radical (unpaired) electrons. The predicted molar refractivity (Wildman–Crippen MR) is 139 cm³/mol. The Labute approximate surface area is 220 Å². The highest BCUT2D eigenvalue weighted by Crippen LogP contribution is 2.31. The first-order valence-corrected chi connectivity index (χ1v) is 12.6. The monoisotopic (exact) mass is 535 g/mol. The Morgan fingerprint density at radius 3 is 2.30 bits per heavy atom. The van der Waals surface area contributed by atoms with Crippen LogP contribution in [0.25, 0.3) is 11.4 Å². The quantitative estimate of drug-likeness (QED) is 0.255. The molecule has 3 amide bonds. The van der Waals surface area contributed by atoms with Crippen molar-refractivity contribution in [3.8, 4) is 11.4 Å². The van der Waals surface area contributed by atoms with Crippen molar-refractivity contribution < 1.29 is 18.8 Å². The van der Waals surface area contributed by atoms with E-state index in [-0.39, 0.29) is 28.5 Å². The first kappa shape index (κ1) is 24.7. The number of hydrogen-bond donors (Lipinski definition) is 1. The molecule has 186 valence electrons. The number of imide groups is 1. The normalized spacial score (nSPS) is 12.7. The van der Waals surface area contributed by atoms with Crippen LogP contribution >= 0.6 is 23.4 Å². The molecular weight excluding hydrogens is 517 g/mol. The third-order valence-electron chi connectivity index (χ3n) is 5.75. The maximum atomic E-state index is 13.3. The lowest BCUT2D eigenvalue weighted by Crippen LogP contribution is -2.29. The summed E-state index contributed by atoms with van der Waals surface area (Å²) < 4.78 is 15.2. The first-order chi connectivity index (χ1) is 17.9. The Kier molecular flexibility index (Phi) is 6.77. The summed E-state index contributed by atoms with van der Waals surface area (Å²) >= 11 is 6.98. The molecule has 0 unspecified atom stereocenters. The largest absolute Gasteiger partial charge is 0.325 e. The maximum Gasteiger partial charge on any atom is 0.266 e.